The Morgan fingerprint density at radius 3 is 2.75 bits per heavy atom. The van der Waals surface area contributed by atoms with Crippen molar-refractivity contribution in [2.45, 2.75) is 45.1 Å². The Bertz CT molecular complexity index is 681. The monoisotopic (exact) mass is 344 g/mol. The van der Waals surface area contributed by atoms with Crippen molar-refractivity contribution in [3.63, 3.8) is 0 Å². The molecule has 3 rings (SSSR count). The summed E-state index contributed by atoms with van der Waals surface area (Å²) >= 11 is 1.57. The number of carbonyl (C=O) groups is 1. The summed E-state index contributed by atoms with van der Waals surface area (Å²) in [5, 5.41) is 6.10. The van der Waals surface area contributed by atoms with E-state index in [1.807, 2.05) is 29.6 Å². The largest absolute Gasteiger partial charge is 0.497 e. The third-order valence-corrected chi connectivity index (χ3v) is 5.63. The molecule has 1 aliphatic carbocycles. The lowest BCUT2D eigenvalue weighted by Gasteiger charge is -2.29. The van der Waals surface area contributed by atoms with Gasteiger partial charge in [0.25, 0.3) is 0 Å². The number of aromatic nitrogens is 1. The van der Waals surface area contributed by atoms with E-state index >= 15 is 0 Å². The fourth-order valence-corrected chi connectivity index (χ4v) is 4.03. The fraction of sp³-hybridized carbons (Fsp3) is 0.474. The van der Waals surface area contributed by atoms with Crippen molar-refractivity contribution in [2.75, 3.05) is 7.11 Å². The van der Waals surface area contributed by atoms with Crippen LogP contribution >= 0.6 is 11.3 Å². The molecule has 1 aliphatic rings. The van der Waals surface area contributed by atoms with Gasteiger partial charge < -0.3 is 10.1 Å². The van der Waals surface area contributed by atoms with Gasteiger partial charge in [-0.05, 0) is 43.0 Å². The molecular formula is C19H24N2O2S. The highest BCUT2D eigenvalue weighted by molar-refractivity contribution is 7.13. The van der Waals surface area contributed by atoms with Crippen LogP contribution in [0.25, 0.3) is 10.6 Å². The molecule has 4 nitrogen and oxygen atoms in total. The lowest BCUT2D eigenvalue weighted by molar-refractivity contribution is -0.121. The number of thiazole rings is 1. The van der Waals surface area contributed by atoms with E-state index in [-0.39, 0.29) is 5.91 Å². The van der Waals surface area contributed by atoms with Crippen LogP contribution in [0.1, 0.15) is 38.3 Å². The maximum atomic E-state index is 12.3. The number of methoxy groups -OCH3 is 1. The molecule has 1 heterocycles. The van der Waals surface area contributed by atoms with Crippen molar-refractivity contribution in [3.05, 3.63) is 35.3 Å². The van der Waals surface area contributed by atoms with E-state index in [9.17, 15) is 4.79 Å². The van der Waals surface area contributed by atoms with Gasteiger partial charge in [0.05, 0.1) is 19.2 Å². The SMILES string of the molecule is COc1ccc(-c2nc(CC(=O)N[C@H]3CCCC[C@@H]3C)cs2)cc1. The van der Waals surface area contributed by atoms with Gasteiger partial charge in [-0.1, -0.05) is 19.8 Å². The Kier molecular flexibility index (Phi) is 5.51. The predicted octanol–water partition coefficient (Wildman–Crippen LogP) is 4.06. The van der Waals surface area contributed by atoms with Gasteiger partial charge in [-0.15, -0.1) is 11.3 Å². The molecule has 0 radical (unpaired) electrons. The number of hydrogen-bond donors (Lipinski definition) is 1. The number of carbonyl (C=O) groups excluding carboxylic acids is 1. The summed E-state index contributed by atoms with van der Waals surface area (Å²) in [6, 6.07) is 8.16. The smallest absolute Gasteiger partial charge is 0.226 e. The van der Waals surface area contributed by atoms with Crippen LogP contribution in [0.3, 0.4) is 0 Å². The summed E-state index contributed by atoms with van der Waals surface area (Å²) in [5.74, 6) is 1.49. The lowest BCUT2D eigenvalue weighted by Crippen LogP contribution is -2.41. The molecule has 5 heteroatoms. The summed E-state index contributed by atoms with van der Waals surface area (Å²) in [5.41, 5.74) is 1.89. The van der Waals surface area contributed by atoms with Crippen LogP contribution in [0.15, 0.2) is 29.6 Å². The Labute approximate surface area is 147 Å². The van der Waals surface area contributed by atoms with Gasteiger partial charge in [0.2, 0.25) is 5.91 Å². The second kappa shape index (κ2) is 7.79. The first-order chi connectivity index (χ1) is 11.7. The van der Waals surface area contributed by atoms with E-state index in [2.05, 4.69) is 17.2 Å². The highest BCUT2D eigenvalue weighted by Gasteiger charge is 2.23. The third kappa shape index (κ3) is 4.15. The molecule has 0 bridgehead atoms. The lowest BCUT2D eigenvalue weighted by atomic mass is 9.86. The number of hydrogen-bond acceptors (Lipinski definition) is 4. The zero-order chi connectivity index (χ0) is 16.9. The third-order valence-electron chi connectivity index (χ3n) is 4.69. The van der Waals surface area contributed by atoms with Crippen molar-refractivity contribution in [3.8, 4) is 16.3 Å². The van der Waals surface area contributed by atoms with Crippen LogP contribution < -0.4 is 10.1 Å². The van der Waals surface area contributed by atoms with Crippen molar-refractivity contribution in [1.29, 1.82) is 0 Å². The maximum absolute atomic E-state index is 12.3. The second-order valence-corrected chi connectivity index (χ2v) is 7.34. The van der Waals surface area contributed by atoms with E-state index in [1.165, 1.54) is 19.3 Å². The molecule has 1 N–H and O–H groups in total. The Hall–Kier alpha value is -1.88. The number of nitrogens with zero attached hydrogens (tertiary/aromatic N) is 1. The van der Waals surface area contributed by atoms with Gasteiger partial charge in [-0.25, -0.2) is 4.98 Å². The first-order valence-electron chi connectivity index (χ1n) is 8.54. The molecule has 1 amide bonds. The van der Waals surface area contributed by atoms with E-state index in [4.69, 9.17) is 4.74 Å². The highest BCUT2D eigenvalue weighted by Crippen LogP contribution is 2.26. The van der Waals surface area contributed by atoms with Gasteiger partial charge in [0.15, 0.2) is 0 Å². The fourth-order valence-electron chi connectivity index (χ4n) is 3.21. The van der Waals surface area contributed by atoms with Crippen molar-refractivity contribution in [1.82, 2.24) is 10.3 Å². The van der Waals surface area contributed by atoms with Gasteiger partial charge in [-0.2, -0.15) is 0 Å². The van der Waals surface area contributed by atoms with Crippen molar-refractivity contribution >= 4 is 17.2 Å². The summed E-state index contributed by atoms with van der Waals surface area (Å²) in [4.78, 5) is 16.9. The van der Waals surface area contributed by atoms with E-state index in [0.717, 1.165) is 28.4 Å². The number of rotatable bonds is 5. The first-order valence-corrected chi connectivity index (χ1v) is 9.42. The van der Waals surface area contributed by atoms with Gasteiger partial charge in [0.1, 0.15) is 10.8 Å². The van der Waals surface area contributed by atoms with Crippen LogP contribution in [-0.2, 0) is 11.2 Å². The minimum absolute atomic E-state index is 0.0836. The number of benzene rings is 1. The second-order valence-electron chi connectivity index (χ2n) is 6.49. The topological polar surface area (TPSA) is 51.2 Å². The molecule has 2 atom stereocenters. The Morgan fingerprint density at radius 1 is 1.29 bits per heavy atom. The minimum atomic E-state index is 0.0836. The van der Waals surface area contributed by atoms with Crippen LogP contribution in [0.4, 0.5) is 0 Å². The van der Waals surface area contributed by atoms with Crippen molar-refractivity contribution in [2.24, 2.45) is 5.92 Å². The molecule has 1 aromatic carbocycles. The average Bonchev–Trinajstić information content (AvgIpc) is 3.05. The van der Waals surface area contributed by atoms with Crippen molar-refractivity contribution < 1.29 is 9.53 Å². The molecular weight excluding hydrogens is 320 g/mol. The molecule has 0 unspecified atom stereocenters. The molecule has 2 aromatic rings. The molecule has 0 spiro atoms. The van der Waals surface area contributed by atoms with Crippen LogP contribution in [-0.4, -0.2) is 24.0 Å². The molecule has 0 aliphatic heterocycles. The zero-order valence-corrected chi connectivity index (χ0v) is 15.1. The van der Waals surface area contributed by atoms with Crippen LogP contribution in [0.2, 0.25) is 0 Å². The van der Waals surface area contributed by atoms with E-state index in [1.54, 1.807) is 18.4 Å². The van der Waals surface area contributed by atoms with Gasteiger partial charge in [-0.3, -0.25) is 4.79 Å². The Balaban J connectivity index is 1.59. The Morgan fingerprint density at radius 2 is 2.04 bits per heavy atom. The van der Waals surface area contributed by atoms with Crippen LogP contribution in [0.5, 0.6) is 5.75 Å². The standard InChI is InChI=1S/C19H24N2O2S/c1-13-5-3-4-6-17(13)21-18(22)11-15-12-24-19(20-15)14-7-9-16(23-2)10-8-14/h7-10,12-13,17H,3-6,11H2,1-2H3,(H,21,22)/t13-,17-/m0/s1. The predicted molar refractivity (Wildman–Crippen MR) is 97.4 cm³/mol. The van der Waals surface area contributed by atoms with Gasteiger partial charge in [0, 0.05) is 17.0 Å². The number of nitrogens with one attached hydrogen (secondary N) is 1. The number of ether oxygens (including phenoxy) is 1. The quantitative estimate of drug-likeness (QED) is 0.890. The average molecular weight is 344 g/mol. The normalized spacial score (nSPS) is 20.6. The van der Waals surface area contributed by atoms with E-state index in [0.29, 0.717) is 18.4 Å². The first kappa shape index (κ1) is 17.0. The molecule has 24 heavy (non-hydrogen) atoms. The zero-order valence-electron chi connectivity index (χ0n) is 14.2. The minimum Gasteiger partial charge on any atom is -0.497 e. The summed E-state index contributed by atoms with van der Waals surface area (Å²) in [7, 11) is 1.66. The highest BCUT2D eigenvalue weighted by atomic mass is 32.1. The molecule has 128 valence electrons. The number of amides is 1. The van der Waals surface area contributed by atoms with Crippen LogP contribution in [0, 0.1) is 5.92 Å². The summed E-state index contributed by atoms with van der Waals surface area (Å²) < 4.78 is 5.17. The maximum Gasteiger partial charge on any atom is 0.226 e. The van der Waals surface area contributed by atoms with E-state index < -0.39 is 0 Å². The molecule has 1 fully saturated rings. The molecule has 1 aromatic heterocycles. The summed E-state index contributed by atoms with van der Waals surface area (Å²) in [6.07, 6.45) is 5.17. The summed E-state index contributed by atoms with van der Waals surface area (Å²) in [6.45, 7) is 2.23. The molecule has 1 saturated carbocycles. The molecule has 0 saturated heterocycles. The van der Waals surface area contributed by atoms with Gasteiger partial charge >= 0.3 is 0 Å².